The number of halogens is 2. The molecule has 3 rings (SSSR count). The largest absolute Gasteiger partial charge is 0.378 e. The van der Waals surface area contributed by atoms with Gasteiger partial charge in [-0.15, -0.1) is 0 Å². The standard InChI is InChI=1S/C16H19F2N3O3/c17-11-2-1-3-12(18)14(11)16(23)21-7-5-20(6-8-21)15(22)13-10-24-9-4-19-13/h1-3,13,19H,4-10H2. The van der Waals surface area contributed by atoms with Crippen molar-refractivity contribution in [1.29, 1.82) is 0 Å². The molecule has 130 valence electrons. The minimum atomic E-state index is -0.873. The average molecular weight is 339 g/mol. The third-order valence-corrected chi connectivity index (χ3v) is 4.27. The van der Waals surface area contributed by atoms with Gasteiger partial charge in [0.1, 0.15) is 23.2 Å². The number of carbonyl (C=O) groups is 2. The van der Waals surface area contributed by atoms with Crippen LogP contribution in [0.25, 0.3) is 0 Å². The SMILES string of the molecule is O=C(c1c(F)cccc1F)N1CCN(C(=O)C2COCCN2)CC1. The van der Waals surface area contributed by atoms with Gasteiger partial charge in [0, 0.05) is 32.7 Å². The molecular formula is C16H19F2N3O3. The maximum atomic E-state index is 13.7. The topological polar surface area (TPSA) is 61.9 Å². The molecule has 0 bridgehead atoms. The van der Waals surface area contributed by atoms with E-state index in [4.69, 9.17) is 4.74 Å². The van der Waals surface area contributed by atoms with E-state index < -0.39 is 23.1 Å². The fourth-order valence-corrected chi connectivity index (χ4v) is 2.93. The molecule has 1 aromatic carbocycles. The van der Waals surface area contributed by atoms with E-state index >= 15 is 0 Å². The molecule has 6 nitrogen and oxygen atoms in total. The van der Waals surface area contributed by atoms with Crippen molar-refractivity contribution in [2.24, 2.45) is 0 Å². The molecule has 0 aliphatic carbocycles. The van der Waals surface area contributed by atoms with E-state index in [2.05, 4.69) is 5.32 Å². The molecular weight excluding hydrogens is 320 g/mol. The maximum absolute atomic E-state index is 13.7. The molecule has 0 saturated carbocycles. The Kier molecular flexibility index (Phi) is 5.06. The van der Waals surface area contributed by atoms with Crippen molar-refractivity contribution in [2.75, 3.05) is 45.9 Å². The van der Waals surface area contributed by atoms with Crippen LogP contribution in [0, 0.1) is 11.6 Å². The molecule has 0 aromatic heterocycles. The first kappa shape index (κ1) is 16.8. The van der Waals surface area contributed by atoms with Crippen LogP contribution < -0.4 is 5.32 Å². The highest BCUT2D eigenvalue weighted by Gasteiger charge is 2.31. The number of benzene rings is 1. The van der Waals surface area contributed by atoms with Crippen LogP contribution in [-0.4, -0.2) is 73.6 Å². The number of hydrogen-bond acceptors (Lipinski definition) is 4. The van der Waals surface area contributed by atoms with Crippen molar-refractivity contribution in [3.8, 4) is 0 Å². The first-order chi connectivity index (χ1) is 11.6. The van der Waals surface area contributed by atoms with E-state index in [1.165, 1.54) is 11.0 Å². The summed E-state index contributed by atoms with van der Waals surface area (Å²) in [7, 11) is 0. The molecule has 2 aliphatic rings. The zero-order valence-corrected chi connectivity index (χ0v) is 13.1. The molecule has 0 radical (unpaired) electrons. The summed E-state index contributed by atoms with van der Waals surface area (Å²) in [4.78, 5) is 27.7. The van der Waals surface area contributed by atoms with Crippen LogP contribution in [0.1, 0.15) is 10.4 Å². The van der Waals surface area contributed by atoms with Gasteiger partial charge >= 0.3 is 0 Å². The Bertz CT molecular complexity index is 607. The van der Waals surface area contributed by atoms with E-state index in [-0.39, 0.29) is 25.0 Å². The van der Waals surface area contributed by atoms with Crippen LogP contribution in [0.15, 0.2) is 18.2 Å². The Morgan fingerprint density at radius 1 is 1.08 bits per heavy atom. The summed E-state index contributed by atoms with van der Waals surface area (Å²) >= 11 is 0. The van der Waals surface area contributed by atoms with Gasteiger partial charge in [-0.25, -0.2) is 8.78 Å². The van der Waals surface area contributed by atoms with Gasteiger partial charge in [-0.05, 0) is 12.1 Å². The van der Waals surface area contributed by atoms with E-state index in [1.807, 2.05) is 0 Å². The predicted molar refractivity (Wildman–Crippen MR) is 81.5 cm³/mol. The molecule has 1 N–H and O–H groups in total. The van der Waals surface area contributed by atoms with Crippen LogP contribution in [0.5, 0.6) is 0 Å². The molecule has 2 fully saturated rings. The molecule has 2 amide bonds. The van der Waals surface area contributed by atoms with Crippen molar-refractivity contribution < 1.29 is 23.1 Å². The number of amides is 2. The third kappa shape index (κ3) is 3.39. The number of ether oxygens (including phenoxy) is 1. The lowest BCUT2D eigenvalue weighted by Crippen LogP contribution is -2.57. The quantitative estimate of drug-likeness (QED) is 0.838. The second kappa shape index (κ2) is 7.23. The minimum Gasteiger partial charge on any atom is -0.378 e. The number of morpholine rings is 1. The minimum absolute atomic E-state index is 0.0705. The summed E-state index contributed by atoms with van der Waals surface area (Å²) in [5, 5.41) is 3.09. The van der Waals surface area contributed by atoms with Crippen molar-refractivity contribution >= 4 is 11.8 Å². The lowest BCUT2D eigenvalue weighted by atomic mass is 10.1. The predicted octanol–water partition coefficient (Wildman–Crippen LogP) is 0.238. The van der Waals surface area contributed by atoms with Crippen LogP contribution in [-0.2, 0) is 9.53 Å². The van der Waals surface area contributed by atoms with E-state index in [9.17, 15) is 18.4 Å². The fraction of sp³-hybridized carbons (Fsp3) is 0.500. The third-order valence-electron chi connectivity index (χ3n) is 4.27. The van der Waals surface area contributed by atoms with Gasteiger partial charge in [0.25, 0.3) is 5.91 Å². The second-order valence-electron chi connectivity index (χ2n) is 5.80. The van der Waals surface area contributed by atoms with Gasteiger partial charge in [-0.1, -0.05) is 6.07 Å². The molecule has 1 aromatic rings. The summed E-state index contributed by atoms with van der Waals surface area (Å²) in [6, 6.07) is 2.97. The zero-order valence-electron chi connectivity index (χ0n) is 13.1. The summed E-state index contributed by atoms with van der Waals surface area (Å²) in [6.45, 7) is 2.69. The van der Waals surface area contributed by atoms with E-state index in [1.54, 1.807) is 4.90 Å². The van der Waals surface area contributed by atoms with Crippen LogP contribution in [0.4, 0.5) is 8.78 Å². The van der Waals surface area contributed by atoms with Gasteiger partial charge in [0.2, 0.25) is 5.91 Å². The van der Waals surface area contributed by atoms with E-state index in [0.717, 1.165) is 12.1 Å². The highest BCUT2D eigenvalue weighted by Crippen LogP contribution is 2.16. The number of piperazine rings is 1. The molecule has 1 atom stereocenters. The van der Waals surface area contributed by atoms with Crippen LogP contribution >= 0.6 is 0 Å². The lowest BCUT2D eigenvalue weighted by molar-refractivity contribution is -0.137. The highest BCUT2D eigenvalue weighted by atomic mass is 19.1. The Labute approximate surface area is 138 Å². The van der Waals surface area contributed by atoms with Crippen molar-refractivity contribution in [2.45, 2.75) is 6.04 Å². The van der Waals surface area contributed by atoms with Crippen molar-refractivity contribution in [3.63, 3.8) is 0 Å². The first-order valence-electron chi connectivity index (χ1n) is 7.91. The number of rotatable bonds is 2. The number of nitrogens with zero attached hydrogens (tertiary/aromatic N) is 2. The molecule has 2 heterocycles. The highest BCUT2D eigenvalue weighted by molar-refractivity contribution is 5.95. The molecule has 0 spiro atoms. The number of carbonyl (C=O) groups excluding carboxylic acids is 2. The molecule has 8 heteroatoms. The summed E-state index contributed by atoms with van der Waals surface area (Å²) < 4.78 is 32.7. The van der Waals surface area contributed by atoms with Crippen molar-refractivity contribution in [1.82, 2.24) is 15.1 Å². The molecule has 2 saturated heterocycles. The van der Waals surface area contributed by atoms with Crippen molar-refractivity contribution in [3.05, 3.63) is 35.4 Å². The maximum Gasteiger partial charge on any atom is 0.259 e. The zero-order chi connectivity index (χ0) is 17.1. The van der Waals surface area contributed by atoms with Gasteiger partial charge in [0.15, 0.2) is 0 Å². The lowest BCUT2D eigenvalue weighted by Gasteiger charge is -2.37. The van der Waals surface area contributed by atoms with Gasteiger partial charge in [-0.2, -0.15) is 0 Å². The smallest absolute Gasteiger partial charge is 0.259 e. The number of hydrogen-bond donors (Lipinski definition) is 1. The summed E-state index contributed by atoms with van der Waals surface area (Å²) in [5.74, 6) is -2.50. The Balaban J connectivity index is 1.60. The van der Waals surface area contributed by atoms with Crippen LogP contribution in [0.3, 0.4) is 0 Å². The average Bonchev–Trinajstić information content (AvgIpc) is 2.62. The van der Waals surface area contributed by atoms with Crippen LogP contribution in [0.2, 0.25) is 0 Å². The Hall–Kier alpha value is -2.06. The summed E-state index contributed by atoms with van der Waals surface area (Å²) in [6.07, 6.45) is 0. The Morgan fingerprint density at radius 2 is 1.71 bits per heavy atom. The fourth-order valence-electron chi connectivity index (χ4n) is 2.93. The van der Waals surface area contributed by atoms with Gasteiger partial charge in [0.05, 0.1) is 13.2 Å². The first-order valence-corrected chi connectivity index (χ1v) is 7.91. The molecule has 1 unspecified atom stereocenters. The normalized spacial score (nSPS) is 21.7. The van der Waals surface area contributed by atoms with E-state index in [0.29, 0.717) is 32.8 Å². The van der Waals surface area contributed by atoms with Gasteiger partial charge in [-0.3, -0.25) is 9.59 Å². The second-order valence-corrected chi connectivity index (χ2v) is 5.80. The molecule has 2 aliphatic heterocycles. The number of nitrogens with one attached hydrogen (secondary N) is 1. The van der Waals surface area contributed by atoms with Gasteiger partial charge < -0.3 is 19.9 Å². The monoisotopic (exact) mass is 339 g/mol. The Morgan fingerprint density at radius 3 is 2.29 bits per heavy atom. The molecule has 24 heavy (non-hydrogen) atoms. The summed E-state index contributed by atoms with van der Waals surface area (Å²) in [5.41, 5.74) is -0.542.